The summed E-state index contributed by atoms with van der Waals surface area (Å²) in [6, 6.07) is 3.59. The number of thioether (sulfide) groups is 1. The fourth-order valence-electron chi connectivity index (χ4n) is 3.90. The Morgan fingerprint density at radius 3 is 2.85 bits per heavy atom. The lowest BCUT2D eigenvalue weighted by molar-refractivity contribution is -0.113. The minimum atomic E-state index is -0.398. The van der Waals surface area contributed by atoms with E-state index >= 15 is 0 Å². The molecule has 1 N–H and O–H groups in total. The Hall–Kier alpha value is -2.85. The van der Waals surface area contributed by atoms with E-state index < -0.39 is 5.97 Å². The number of ether oxygens (including phenoxy) is 1. The van der Waals surface area contributed by atoms with E-state index in [0.29, 0.717) is 33.9 Å². The zero-order valence-electron chi connectivity index (χ0n) is 18.5. The van der Waals surface area contributed by atoms with Gasteiger partial charge in [0, 0.05) is 11.4 Å². The number of allylic oxidation sites excluding steroid dienone is 1. The SMILES string of the molecule is C=CCn1c(SCC(=O)Nc2sc3c(c2C(=O)OC)CCCCCC3)nnc1-c1ccco1. The van der Waals surface area contributed by atoms with Crippen LogP contribution >= 0.6 is 23.1 Å². The topological polar surface area (TPSA) is 99.2 Å². The van der Waals surface area contributed by atoms with Gasteiger partial charge in [-0.3, -0.25) is 9.36 Å². The largest absolute Gasteiger partial charge is 0.465 e. The lowest BCUT2D eigenvalue weighted by atomic mass is 9.96. The molecule has 1 aliphatic rings. The van der Waals surface area contributed by atoms with Crippen molar-refractivity contribution in [3.8, 4) is 11.6 Å². The Kier molecular flexibility index (Phi) is 7.66. The highest BCUT2D eigenvalue weighted by Gasteiger charge is 2.26. The molecular formula is C23H26N4O4S2. The molecule has 0 aromatic carbocycles. The maximum Gasteiger partial charge on any atom is 0.341 e. The smallest absolute Gasteiger partial charge is 0.341 e. The number of methoxy groups -OCH3 is 1. The highest BCUT2D eigenvalue weighted by atomic mass is 32.2. The highest BCUT2D eigenvalue weighted by Crippen LogP contribution is 2.37. The molecule has 0 atom stereocenters. The van der Waals surface area contributed by atoms with Gasteiger partial charge in [-0.2, -0.15) is 0 Å². The van der Waals surface area contributed by atoms with Gasteiger partial charge in [-0.05, 0) is 43.4 Å². The van der Waals surface area contributed by atoms with Crippen LogP contribution in [-0.2, 0) is 28.9 Å². The van der Waals surface area contributed by atoms with Crippen molar-refractivity contribution in [1.82, 2.24) is 14.8 Å². The van der Waals surface area contributed by atoms with E-state index in [-0.39, 0.29) is 11.7 Å². The second kappa shape index (κ2) is 10.8. The summed E-state index contributed by atoms with van der Waals surface area (Å²) in [5, 5.41) is 12.5. The molecular weight excluding hydrogens is 460 g/mol. The quantitative estimate of drug-likeness (QED) is 0.273. The summed E-state index contributed by atoms with van der Waals surface area (Å²) in [6.45, 7) is 4.27. The number of hydrogen-bond donors (Lipinski definition) is 1. The molecule has 8 nitrogen and oxygen atoms in total. The second-order valence-electron chi connectivity index (χ2n) is 7.63. The minimum Gasteiger partial charge on any atom is -0.465 e. The number of nitrogens with zero attached hydrogens (tertiary/aromatic N) is 3. The van der Waals surface area contributed by atoms with Crippen molar-refractivity contribution in [2.24, 2.45) is 0 Å². The van der Waals surface area contributed by atoms with Gasteiger partial charge >= 0.3 is 5.97 Å². The van der Waals surface area contributed by atoms with E-state index in [2.05, 4.69) is 22.1 Å². The van der Waals surface area contributed by atoms with Gasteiger partial charge in [0.05, 0.1) is 24.7 Å². The number of aryl methyl sites for hydroxylation is 1. The number of carbonyl (C=O) groups is 2. The monoisotopic (exact) mass is 486 g/mol. The van der Waals surface area contributed by atoms with Gasteiger partial charge in [0.2, 0.25) is 11.7 Å². The maximum atomic E-state index is 12.8. The number of carbonyl (C=O) groups excluding carboxylic acids is 2. The number of thiophene rings is 1. The average Bonchev–Trinajstić information content (AvgIpc) is 3.52. The first-order chi connectivity index (χ1) is 16.1. The van der Waals surface area contributed by atoms with E-state index in [1.165, 1.54) is 41.5 Å². The van der Waals surface area contributed by atoms with Crippen LogP contribution in [0, 0.1) is 0 Å². The third kappa shape index (κ3) is 5.22. The summed E-state index contributed by atoms with van der Waals surface area (Å²) in [7, 11) is 1.37. The summed E-state index contributed by atoms with van der Waals surface area (Å²) in [5.41, 5.74) is 1.54. The van der Waals surface area contributed by atoms with Crippen LogP contribution in [0.2, 0.25) is 0 Å². The Morgan fingerprint density at radius 2 is 2.12 bits per heavy atom. The van der Waals surface area contributed by atoms with E-state index in [4.69, 9.17) is 9.15 Å². The molecule has 33 heavy (non-hydrogen) atoms. The molecule has 3 aromatic rings. The van der Waals surface area contributed by atoms with Gasteiger partial charge in [0.1, 0.15) is 5.00 Å². The lowest BCUT2D eigenvalue weighted by Crippen LogP contribution is -2.17. The molecule has 174 valence electrons. The van der Waals surface area contributed by atoms with Crippen LogP contribution in [0.25, 0.3) is 11.6 Å². The molecule has 0 spiro atoms. The Balaban J connectivity index is 1.50. The second-order valence-corrected chi connectivity index (χ2v) is 9.68. The third-order valence-electron chi connectivity index (χ3n) is 5.42. The minimum absolute atomic E-state index is 0.122. The number of amides is 1. The summed E-state index contributed by atoms with van der Waals surface area (Å²) in [5.74, 6) is 0.682. The van der Waals surface area contributed by atoms with Gasteiger partial charge in [-0.15, -0.1) is 28.1 Å². The fraction of sp³-hybridized carbons (Fsp3) is 0.391. The predicted octanol–water partition coefficient (Wildman–Crippen LogP) is 4.96. The number of nitrogens with one attached hydrogen (secondary N) is 1. The molecule has 4 rings (SSSR count). The number of aromatic nitrogens is 3. The van der Waals surface area contributed by atoms with Crippen LogP contribution in [0.4, 0.5) is 5.00 Å². The van der Waals surface area contributed by atoms with Crippen molar-refractivity contribution in [3.05, 3.63) is 47.1 Å². The van der Waals surface area contributed by atoms with Crippen LogP contribution in [0.3, 0.4) is 0 Å². The van der Waals surface area contributed by atoms with Crippen molar-refractivity contribution in [2.45, 2.75) is 50.2 Å². The van der Waals surface area contributed by atoms with Crippen molar-refractivity contribution in [1.29, 1.82) is 0 Å². The van der Waals surface area contributed by atoms with Crippen LogP contribution in [-0.4, -0.2) is 39.5 Å². The molecule has 0 unspecified atom stereocenters. The number of furan rings is 1. The van der Waals surface area contributed by atoms with E-state index in [1.54, 1.807) is 18.4 Å². The molecule has 0 saturated heterocycles. The first kappa shape index (κ1) is 23.3. The van der Waals surface area contributed by atoms with Crippen molar-refractivity contribution >= 4 is 40.0 Å². The van der Waals surface area contributed by atoms with Gasteiger partial charge in [0.25, 0.3) is 0 Å². The van der Waals surface area contributed by atoms with Gasteiger partial charge in [-0.1, -0.05) is 30.7 Å². The first-order valence-corrected chi connectivity index (χ1v) is 12.7. The molecule has 0 saturated carbocycles. The number of esters is 1. The van der Waals surface area contributed by atoms with Crippen molar-refractivity contribution in [2.75, 3.05) is 18.2 Å². The zero-order chi connectivity index (χ0) is 23.2. The van der Waals surface area contributed by atoms with Gasteiger partial charge in [-0.25, -0.2) is 4.79 Å². The Bertz CT molecular complexity index is 1130. The van der Waals surface area contributed by atoms with Crippen LogP contribution in [0.1, 0.15) is 46.5 Å². The normalized spacial score (nSPS) is 13.6. The van der Waals surface area contributed by atoms with Crippen molar-refractivity contribution in [3.63, 3.8) is 0 Å². The Morgan fingerprint density at radius 1 is 1.30 bits per heavy atom. The molecule has 1 amide bonds. The average molecular weight is 487 g/mol. The number of rotatable bonds is 8. The molecule has 3 aromatic heterocycles. The summed E-state index contributed by atoms with van der Waals surface area (Å²) >= 11 is 2.76. The first-order valence-electron chi connectivity index (χ1n) is 10.9. The summed E-state index contributed by atoms with van der Waals surface area (Å²) in [4.78, 5) is 26.5. The number of hydrogen-bond acceptors (Lipinski definition) is 8. The van der Waals surface area contributed by atoms with E-state index in [9.17, 15) is 9.59 Å². The maximum absolute atomic E-state index is 12.8. The molecule has 0 aliphatic heterocycles. The summed E-state index contributed by atoms with van der Waals surface area (Å²) < 4.78 is 12.3. The predicted molar refractivity (Wildman–Crippen MR) is 129 cm³/mol. The molecule has 0 fully saturated rings. The molecule has 10 heteroatoms. The molecule has 1 aliphatic carbocycles. The van der Waals surface area contributed by atoms with Crippen LogP contribution < -0.4 is 5.32 Å². The van der Waals surface area contributed by atoms with Gasteiger partial charge in [0.15, 0.2) is 10.9 Å². The Labute approximate surface area is 200 Å². The standard InChI is InChI=1S/C23H26N4O4S2/c1-3-12-27-20(16-10-8-13-31-16)25-26-23(27)32-14-18(28)24-21-19(22(29)30-2)15-9-6-4-5-7-11-17(15)33-21/h3,8,10,13H,1,4-7,9,11-12,14H2,2H3,(H,24,28). The molecule has 0 bridgehead atoms. The van der Waals surface area contributed by atoms with E-state index in [1.807, 2.05) is 10.6 Å². The third-order valence-corrected chi connectivity index (χ3v) is 7.59. The van der Waals surface area contributed by atoms with Crippen LogP contribution in [0.15, 0.2) is 40.6 Å². The number of anilines is 1. The fourth-order valence-corrected chi connectivity index (χ4v) is 5.94. The molecule has 0 radical (unpaired) electrons. The molecule has 3 heterocycles. The summed E-state index contributed by atoms with van der Waals surface area (Å²) in [6.07, 6.45) is 9.54. The lowest BCUT2D eigenvalue weighted by Gasteiger charge is -2.11. The highest BCUT2D eigenvalue weighted by molar-refractivity contribution is 7.99. The van der Waals surface area contributed by atoms with Crippen molar-refractivity contribution < 1.29 is 18.7 Å². The van der Waals surface area contributed by atoms with E-state index in [0.717, 1.165) is 37.7 Å². The number of fused-ring (bicyclic) bond motifs is 1. The van der Waals surface area contributed by atoms with Gasteiger partial charge < -0.3 is 14.5 Å². The van der Waals surface area contributed by atoms with Crippen LogP contribution in [0.5, 0.6) is 0 Å². The zero-order valence-corrected chi connectivity index (χ0v) is 20.1.